The highest BCUT2D eigenvalue weighted by atomic mass is 35.5. The van der Waals surface area contributed by atoms with Crippen molar-refractivity contribution in [3.63, 3.8) is 0 Å². The van der Waals surface area contributed by atoms with Gasteiger partial charge in [0, 0.05) is 19.6 Å². The van der Waals surface area contributed by atoms with Crippen LogP contribution in [-0.2, 0) is 6.54 Å². The van der Waals surface area contributed by atoms with Crippen molar-refractivity contribution >= 4 is 17.3 Å². The molecule has 1 aromatic carbocycles. The summed E-state index contributed by atoms with van der Waals surface area (Å²) < 4.78 is 5.89. The first-order valence-corrected chi connectivity index (χ1v) is 7.42. The lowest BCUT2D eigenvalue weighted by Gasteiger charge is -2.17. The van der Waals surface area contributed by atoms with E-state index in [1.807, 2.05) is 6.07 Å². The van der Waals surface area contributed by atoms with Crippen molar-refractivity contribution in [2.45, 2.75) is 19.1 Å². The van der Waals surface area contributed by atoms with Crippen molar-refractivity contribution in [1.29, 1.82) is 0 Å². The third kappa shape index (κ3) is 3.65. The second kappa shape index (κ2) is 6.33. The monoisotopic (exact) mass is 303 g/mol. The molecule has 110 valence electrons. The van der Waals surface area contributed by atoms with Gasteiger partial charge in [-0.2, -0.15) is 0 Å². The van der Waals surface area contributed by atoms with Gasteiger partial charge in [0.1, 0.15) is 11.1 Å². The zero-order valence-electron chi connectivity index (χ0n) is 11.7. The molecule has 2 aromatic rings. The average Bonchev–Trinajstić information content (AvgIpc) is 2.90. The molecule has 1 aromatic heterocycles. The molecule has 1 aliphatic rings. The summed E-state index contributed by atoms with van der Waals surface area (Å²) in [4.78, 5) is 6.53. The van der Waals surface area contributed by atoms with Gasteiger partial charge in [-0.15, -0.1) is 0 Å². The molecule has 1 atom stereocenters. The molecule has 0 saturated carbocycles. The molecule has 0 bridgehead atoms. The van der Waals surface area contributed by atoms with Gasteiger partial charge >= 0.3 is 0 Å². The Morgan fingerprint density at radius 1 is 1.33 bits per heavy atom. The van der Waals surface area contributed by atoms with E-state index in [9.17, 15) is 0 Å². The summed E-state index contributed by atoms with van der Waals surface area (Å²) in [5.41, 5.74) is 7.50. The van der Waals surface area contributed by atoms with E-state index in [0.29, 0.717) is 16.6 Å². The van der Waals surface area contributed by atoms with Gasteiger partial charge in [0.2, 0.25) is 5.88 Å². The summed E-state index contributed by atoms with van der Waals surface area (Å²) >= 11 is 6.09. The van der Waals surface area contributed by atoms with E-state index in [-0.39, 0.29) is 6.10 Å². The van der Waals surface area contributed by atoms with Crippen LogP contribution in [0.4, 0.5) is 5.69 Å². The Balaban J connectivity index is 1.57. The minimum atomic E-state index is 0.127. The predicted molar refractivity (Wildman–Crippen MR) is 84.4 cm³/mol. The first-order valence-electron chi connectivity index (χ1n) is 7.04. The third-order valence-electron chi connectivity index (χ3n) is 3.59. The van der Waals surface area contributed by atoms with Crippen LogP contribution in [0, 0.1) is 0 Å². The maximum absolute atomic E-state index is 6.09. The molecule has 0 radical (unpaired) electrons. The lowest BCUT2D eigenvalue weighted by Crippen LogP contribution is -2.24. The van der Waals surface area contributed by atoms with Crippen LogP contribution in [0.3, 0.4) is 0 Å². The largest absolute Gasteiger partial charge is 0.472 e. The smallest absolute Gasteiger partial charge is 0.233 e. The number of anilines is 1. The Kier molecular flexibility index (Phi) is 4.27. The van der Waals surface area contributed by atoms with Gasteiger partial charge in [0.25, 0.3) is 0 Å². The number of ether oxygens (including phenoxy) is 1. The van der Waals surface area contributed by atoms with Gasteiger partial charge in [-0.3, -0.25) is 4.90 Å². The summed E-state index contributed by atoms with van der Waals surface area (Å²) in [6.45, 7) is 2.85. The van der Waals surface area contributed by atoms with E-state index in [4.69, 9.17) is 22.1 Å². The fourth-order valence-electron chi connectivity index (χ4n) is 2.56. The Hall–Kier alpha value is -1.78. The average molecular weight is 304 g/mol. The molecule has 1 unspecified atom stereocenters. The van der Waals surface area contributed by atoms with Gasteiger partial charge < -0.3 is 10.5 Å². The summed E-state index contributed by atoms with van der Waals surface area (Å²) in [6.07, 6.45) is 2.68. The van der Waals surface area contributed by atoms with Gasteiger partial charge in [-0.1, -0.05) is 41.9 Å². The van der Waals surface area contributed by atoms with Crippen LogP contribution in [0.25, 0.3) is 0 Å². The van der Waals surface area contributed by atoms with E-state index in [1.165, 1.54) is 5.56 Å². The van der Waals surface area contributed by atoms with Crippen LogP contribution in [-0.4, -0.2) is 29.1 Å². The number of nitrogens with zero attached hydrogens (tertiary/aromatic N) is 2. The van der Waals surface area contributed by atoms with Gasteiger partial charge in [0.05, 0.1) is 11.9 Å². The minimum absolute atomic E-state index is 0.127. The molecule has 0 amide bonds. The van der Waals surface area contributed by atoms with Crippen LogP contribution < -0.4 is 10.5 Å². The van der Waals surface area contributed by atoms with E-state index < -0.39 is 0 Å². The number of hydrogen-bond acceptors (Lipinski definition) is 4. The van der Waals surface area contributed by atoms with Gasteiger partial charge in [-0.05, 0) is 18.1 Å². The highest BCUT2D eigenvalue weighted by Crippen LogP contribution is 2.26. The van der Waals surface area contributed by atoms with Crippen molar-refractivity contribution < 1.29 is 4.74 Å². The maximum atomic E-state index is 6.09. The van der Waals surface area contributed by atoms with E-state index in [0.717, 1.165) is 26.1 Å². The Bertz CT molecular complexity index is 606. The second-order valence-corrected chi connectivity index (χ2v) is 5.71. The number of halogens is 1. The fraction of sp³-hybridized carbons (Fsp3) is 0.312. The number of likely N-dealkylation sites (tertiary alicyclic amines) is 1. The zero-order valence-corrected chi connectivity index (χ0v) is 12.5. The van der Waals surface area contributed by atoms with Crippen molar-refractivity contribution in [2.75, 3.05) is 18.8 Å². The molecule has 3 rings (SSSR count). The highest BCUT2D eigenvalue weighted by molar-refractivity contribution is 6.32. The second-order valence-electron chi connectivity index (χ2n) is 5.30. The van der Waals surface area contributed by atoms with Crippen LogP contribution in [0.1, 0.15) is 12.0 Å². The Morgan fingerprint density at radius 3 is 2.90 bits per heavy atom. The minimum Gasteiger partial charge on any atom is -0.472 e. The molecule has 1 saturated heterocycles. The number of nitrogen functional groups attached to an aromatic ring is 1. The van der Waals surface area contributed by atoms with Gasteiger partial charge in [0.15, 0.2) is 0 Å². The summed E-state index contributed by atoms with van der Waals surface area (Å²) in [6, 6.07) is 12.1. The molecule has 2 heterocycles. The lowest BCUT2D eigenvalue weighted by molar-refractivity contribution is 0.191. The van der Waals surface area contributed by atoms with Crippen LogP contribution >= 0.6 is 11.6 Å². The standard InChI is InChI=1S/C16H18ClN3O/c17-15-8-13(18)9-19-16(15)21-14-6-7-20(11-14)10-12-4-2-1-3-5-12/h1-5,8-9,14H,6-7,10-11,18H2. The quantitative estimate of drug-likeness (QED) is 0.943. The van der Waals surface area contributed by atoms with E-state index in [2.05, 4.69) is 34.1 Å². The molecular formula is C16H18ClN3O. The third-order valence-corrected chi connectivity index (χ3v) is 3.86. The fourth-order valence-corrected chi connectivity index (χ4v) is 2.78. The zero-order chi connectivity index (χ0) is 14.7. The number of hydrogen-bond donors (Lipinski definition) is 1. The Morgan fingerprint density at radius 2 is 2.14 bits per heavy atom. The first-order chi connectivity index (χ1) is 10.2. The summed E-state index contributed by atoms with van der Waals surface area (Å²) in [5, 5.41) is 0.469. The predicted octanol–water partition coefficient (Wildman–Crippen LogP) is 2.97. The molecule has 5 heteroatoms. The molecule has 0 spiro atoms. The van der Waals surface area contributed by atoms with Gasteiger partial charge in [-0.25, -0.2) is 4.98 Å². The molecule has 21 heavy (non-hydrogen) atoms. The topological polar surface area (TPSA) is 51.4 Å². The SMILES string of the molecule is Nc1cnc(OC2CCN(Cc3ccccc3)C2)c(Cl)c1. The van der Waals surface area contributed by atoms with Crippen LogP contribution in [0.2, 0.25) is 5.02 Å². The van der Waals surface area contributed by atoms with Crippen LogP contribution in [0.5, 0.6) is 5.88 Å². The Labute approximate surface area is 129 Å². The normalized spacial score (nSPS) is 18.8. The van der Waals surface area contributed by atoms with E-state index >= 15 is 0 Å². The highest BCUT2D eigenvalue weighted by Gasteiger charge is 2.25. The first kappa shape index (κ1) is 14.2. The molecule has 4 nitrogen and oxygen atoms in total. The van der Waals surface area contributed by atoms with Crippen molar-refractivity contribution in [2.24, 2.45) is 0 Å². The van der Waals surface area contributed by atoms with E-state index in [1.54, 1.807) is 12.3 Å². The van der Waals surface area contributed by atoms with Crippen LogP contribution in [0.15, 0.2) is 42.6 Å². The molecular weight excluding hydrogens is 286 g/mol. The van der Waals surface area contributed by atoms with Crippen molar-refractivity contribution in [3.05, 3.63) is 53.2 Å². The van der Waals surface area contributed by atoms with Crippen molar-refractivity contribution in [3.8, 4) is 5.88 Å². The summed E-state index contributed by atoms with van der Waals surface area (Å²) in [7, 11) is 0. The lowest BCUT2D eigenvalue weighted by atomic mass is 10.2. The molecule has 2 N–H and O–H groups in total. The molecule has 1 aliphatic heterocycles. The summed E-state index contributed by atoms with van der Waals surface area (Å²) in [5.74, 6) is 0.470. The molecule has 0 aliphatic carbocycles. The maximum Gasteiger partial charge on any atom is 0.233 e. The number of nitrogens with two attached hydrogens (primary N) is 1. The molecule has 1 fully saturated rings. The number of aromatic nitrogens is 1. The number of rotatable bonds is 4. The number of benzene rings is 1. The number of pyridine rings is 1. The van der Waals surface area contributed by atoms with Crippen molar-refractivity contribution in [1.82, 2.24) is 9.88 Å².